The number of aromatic hydroxyl groups is 3. The molecule has 0 atom stereocenters. The lowest BCUT2D eigenvalue weighted by atomic mass is 9.87. The number of benzene rings is 4. The van der Waals surface area contributed by atoms with Crippen LogP contribution in [0.25, 0.3) is 0 Å². The molecule has 0 unspecified atom stereocenters. The quantitative estimate of drug-likeness (QED) is 0.154. The van der Waals surface area contributed by atoms with Crippen molar-refractivity contribution in [2.45, 2.75) is 68.6 Å². The number of rotatable bonds is 8. The number of hydrogen-bond donors (Lipinski definition) is 3. The van der Waals surface area contributed by atoms with Crippen molar-refractivity contribution in [1.82, 2.24) is 0 Å². The van der Waals surface area contributed by atoms with E-state index in [1.54, 1.807) is 24.3 Å². The maximum absolute atomic E-state index is 13.5. The van der Waals surface area contributed by atoms with Crippen molar-refractivity contribution in [3.63, 3.8) is 0 Å². The van der Waals surface area contributed by atoms with Gasteiger partial charge in [-0.2, -0.15) is 0 Å². The monoisotopic (exact) mass is 572 g/mol. The average molecular weight is 573 g/mol. The molecule has 0 spiro atoms. The van der Waals surface area contributed by atoms with Crippen LogP contribution in [-0.4, -0.2) is 29.5 Å². The molecule has 214 valence electrons. The van der Waals surface area contributed by atoms with Gasteiger partial charge >= 0.3 is 0 Å². The normalized spacial score (nSPS) is 12.0. The zero-order chi connectivity index (χ0) is 30.1. The molecular formula is C34H36O6S. The van der Waals surface area contributed by atoms with Crippen molar-refractivity contribution in [3.8, 4) is 17.2 Å². The van der Waals surface area contributed by atoms with E-state index in [0.717, 1.165) is 11.1 Å². The largest absolute Gasteiger partial charge is 0.504 e. The predicted molar refractivity (Wildman–Crippen MR) is 160 cm³/mol. The number of sulfone groups is 1. The Morgan fingerprint density at radius 3 is 2.02 bits per heavy atom. The van der Waals surface area contributed by atoms with Gasteiger partial charge in [0.15, 0.2) is 17.3 Å². The standard InChI is InChI=1S/C34H36O6S/c1-21(2)26-11-7-6-10-23(26)19-24-20-27(32(37)33(38)31(24)36)29(35)18-22-14-16-25(17-15-22)41(39,40)30-13-9-8-12-28(30)34(3,4)5/h6-17,20-21,36-38H,18-19H2,1-5H3. The van der Waals surface area contributed by atoms with E-state index >= 15 is 0 Å². The molecule has 6 nitrogen and oxygen atoms in total. The highest BCUT2D eigenvalue weighted by Crippen LogP contribution is 2.42. The van der Waals surface area contributed by atoms with Crippen LogP contribution in [0.5, 0.6) is 17.2 Å². The van der Waals surface area contributed by atoms with Gasteiger partial charge in [0.1, 0.15) is 0 Å². The van der Waals surface area contributed by atoms with Crippen LogP contribution in [0.3, 0.4) is 0 Å². The molecule has 3 N–H and O–H groups in total. The molecule has 0 aliphatic heterocycles. The molecule has 4 aromatic rings. The third kappa shape index (κ3) is 6.15. The summed E-state index contributed by atoms with van der Waals surface area (Å²) in [5.41, 5.74) is 3.09. The van der Waals surface area contributed by atoms with Crippen molar-refractivity contribution in [3.05, 3.63) is 112 Å². The summed E-state index contributed by atoms with van der Waals surface area (Å²) in [4.78, 5) is 13.6. The SMILES string of the molecule is CC(C)c1ccccc1Cc1cc(C(=O)Cc2ccc(S(=O)(=O)c3ccccc3C(C)(C)C)cc2)c(O)c(O)c1O. The average Bonchev–Trinajstić information content (AvgIpc) is 2.93. The molecule has 0 aromatic heterocycles. The summed E-state index contributed by atoms with van der Waals surface area (Å²) < 4.78 is 26.9. The minimum Gasteiger partial charge on any atom is -0.504 e. The lowest BCUT2D eigenvalue weighted by Crippen LogP contribution is -2.17. The van der Waals surface area contributed by atoms with Gasteiger partial charge in [0, 0.05) is 18.4 Å². The van der Waals surface area contributed by atoms with Crippen molar-refractivity contribution < 1.29 is 28.5 Å². The molecule has 7 heteroatoms. The van der Waals surface area contributed by atoms with Gasteiger partial charge in [0.25, 0.3) is 0 Å². The lowest BCUT2D eigenvalue weighted by molar-refractivity contribution is 0.0989. The van der Waals surface area contributed by atoms with Crippen LogP contribution in [0.15, 0.2) is 88.7 Å². The first-order valence-electron chi connectivity index (χ1n) is 13.5. The molecule has 4 rings (SSSR count). The van der Waals surface area contributed by atoms with E-state index in [1.807, 2.05) is 57.2 Å². The predicted octanol–water partition coefficient (Wildman–Crippen LogP) is 7.07. The minimum atomic E-state index is -3.80. The first kappa shape index (κ1) is 29.9. The number of hydrogen-bond acceptors (Lipinski definition) is 6. The summed E-state index contributed by atoms with van der Waals surface area (Å²) in [6.07, 6.45) is 0.121. The van der Waals surface area contributed by atoms with Crippen molar-refractivity contribution in [2.24, 2.45) is 0 Å². The van der Waals surface area contributed by atoms with Crippen LogP contribution in [-0.2, 0) is 28.1 Å². The van der Waals surface area contributed by atoms with Crippen molar-refractivity contribution in [1.29, 1.82) is 0 Å². The van der Waals surface area contributed by atoms with Gasteiger partial charge < -0.3 is 15.3 Å². The zero-order valence-corrected chi connectivity index (χ0v) is 24.8. The summed E-state index contributed by atoms with van der Waals surface area (Å²) >= 11 is 0. The smallest absolute Gasteiger partial charge is 0.206 e. The molecular weight excluding hydrogens is 536 g/mol. The van der Waals surface area contributed by atoms with Gasteiger partial charge in [-0.15, -0.1) is 0 Å². The third-order valence-corrected chi connectivity index (χ3v) is 9.10. The second kappa shape index (κ2) is 11.4. The maximum atomic E-state index is 13.5. The molecule has 0 amide bonds. The van der Waals surface area contributed by atoms with E-state index in [0.29, 0.717) is 16.7 Å². The molecule has 0 saturated heterocycles. The molecule has 0 saturated carbocycles. The van der Waals surface area contributed by atoms with Crippen LogP contribution in [0, 0.1) is 0 Å². The van der Waals surface area contributed by atoms with E-state index < -0.39 is 32.9 Å². The molecule has 0 radical (unpaired) electrons. The first-order chi connectivity index (χ1) is 19.2. The maximum Gasteiger partial charge on any atom is 0.206 e. The number of Topliss-reactive ketones (excluding diaryl/α,β-unsaturated/α-hetero) is 1. The zero-order valence-electron chi connectivity index (χ0n) is 24.0. The van der Waals surface area contributed by atoms with Crippen LogP contribution >= 0.6 is 0 Å². The highest BCUT2D eigenvalue weighted by atomic mass is 32.2. The summed E-state index contributed by atoms with van der Waals surface area (Å²) in [5, 5.41) is 31.5. The first-order valence-corrected chi connectivity index (χ1v) is 15.0. The van der Waals surface area contributed by atoms with Gasteiger partial charge in [-0.05, 0) is 57.9 Å². The Bertz CT molecular complexity index is 1690. The molecule has 0 bridgehead atoms. The molecule has 0 fully saturated rings. The third-order valence-electron chi connectivity index (χ3n) is 7.27. The number of carbonyl (C=O) groups excluding carboxylic acids is 1. The molecule has 0 aliphatic rings. The Morgan fingerprint density at radius 2 is 1.39 bits per heavy atom. The minimum absolute atomic E-state index is 0.113. The molecule has 0 heterocycles. The Morgan fingerprint density at radius 1 is 0.780 bits per heavy atom. The summed E-state index contributed by atoms with van der Waals surface area (Å²) in [6, 6.07) is 22.2. The highest BCUT2D eigenvalue weighted by molar-refractivity contribution is 7.91. The van der Waals surface area contributed by atoms with Gasteiger partial charge in [-0.1, -0.05) is 89.2 Å². The van der Waals surface area contributed by atoms with Crippen LogP contribution in [0.4, 0.5) is 0 Å². The number of phenols is 3. The Labute approximate surface area is 241 Å². The van der Waals surface area contributed by atoms with E-state index in [1.165, 1.54) is 18.2 Å². The van der Waals surface area contributed by atoms with Crippen LogP contribution < -0.4 is 0 Å². The van der Waals surface area contributed by atoms with Crippen LogP contribution in [0.2, 0.25) is 0 Å². The van der Waals surface area contributed by atoms with E-state index in [-0.39, 0.29) is 39.5 Å². The van der Waals surface area contributed by atoms with E-state index in [4.69, 9.17) is 0 Å². The van der Waals surface area contributed by atoms with Gasteiger partial charge in [-0.25, -0.2) is 8.42 Å². The van der Waals surface area contributed by atoms with Crippen molar-refractivity contribution >= 4 is 15.6 Å². The Kier molecular flexibility index (Phi) is 8.31. The van der Waals surface area contributed by atoms with Gasteiger partial charge in [0.05, 0.1) is 15.4 Å². The fourth-order valence-corrected chi connectivity index (χ4v) is 6.70. The van der Waals surface area contributed by atoms with E-state index in [9.17, 15) is 28.5 Å². The van der Waals surface area contributed by atoms with E-state index in [2.05, 4.69) is 13.8 Å². The van der Waals surface area contributed by atoms with Crippen LogP contribution in [0.1, 0.15) is 78.7 Å². The summed E-state index contributed by atoms with van der Waals surface area (Å²) in [7, 11) is -3.80. The number of ketones is 1. The fraction of sp³-hybridized carbons (Fsp3) is 0.265. The number of phenolic OH excluding ortho intramolecular Hbond substituents is 3. The molecule has 0 aliphatic carbocycles. The second-order valence-electron chi connectivity index (χ2n) is 11.7. The molecule has 4 aromatic carbocycles. The lowest BCUT2D eigenvalue weighted by Gasteiger charge is -2.22. The Balaban J connectivity index is 1.62. The summed E-state index contributed by atoms with van der Waals surface area (Å²) in [6.45, 7) is 9.99. The van der Waals surface area contributed by atoms with Crippen molar-refractivity contribution in [2.75, 3.05) is 0 Å². The topological polar surface area (TPSA) is 112 Å². The summed E-state index contributed by atoms with van der Waals surface area (Å²) in [5.74, 6) is -2.15. The second-order valence-corrected chi connectivity index (χ2v) is 13.6. The van der Waals surface area contributed by atoms with Gasteiger partial charge in [-0.3, -0.25) is 4.79 Å². The Hall–Kier alpha value is -4.10. The van der Waals surface area contributed by atoms with Gasteiger partial charge in [0.2, 0.25) is 15.6 Å². The fourth-order valence-electron chi connectivity index (χ4n) is 5.03. The number of carbonyl (C=O) groups is 1. The highest BCUT2D eigenvalue weighted by Gasteiger charge is 2.27. The molecule has 41 heavy (non-hydrogen) atoms.